The van der Waals surface area contributed by atoms with Gasteiger partial charge in [-0.25, -0.2) is 13.4 Å². The fourth-order valence-corrected chi connectivity index (χ4v) is 5.94. The van der Waals surface area contributed by atoms with Gasteiger partial charge in [-0.1, -0.05) is 35.6 Å². The summed E-state index contributed by atoms with van der Waals surface area (Å²) in [6.45, 7) is 2.34. The highest BCUT2D eigenvalue weighted by atomic mass is 32.2. The van der Waals surface area contributed by atoms with Crippen LogP contribution in [0.2, 0.25) is 0 Å². The molecule has 8 heteroatoms. The minimum atomic E-state index is -3.70. The Morgan fingerprint density at radius 3 is 2.78 bits per heavy atom. The smallest absolute Gasteiger partial charge is 0.244 e. The molecule has 1 amide bonds. The number of carbonyl (C=O) groups excluding carboxylic acids is 1. The van der Waals surface area contributed by atoms with E-state index in [2.05, 4.69) is 10.3 Å². The van der Waals surface area contributed by atoms with Crippen molar-refractivity contribution in [3.8, 4) is 0 Å². The number of nitrogens with one attached hydrogen (secondary N) is 1. The van der Waals surface area contributed by atoms with E-state index in [1.165, 1.54) is 15.6 Å². The van der Waals surface area contributed by atoms with Gasteiger partial charge in [0.2, 0.25) is 15.9 Å². The molecule has 1 aliphatic rings. The van der Waals surface area contributed by atoms with Crippen LogP contribution in [0.3, 0.4) is 0 Å². The summed E-state index contributed by atoms with van der Waals surface area (Å²) in [5.74, 6) is -0.331. The molecular weight excluding hydrogens is 382 g/mol. The van der Waals surface area contributed by atoms with Gasteiger partial charge in [0.15, 0.2) is 5.13 Å². The van der Waals surface area contributed by atoms with Crippen molar-refractivity contribution in [1.82, 2.24) is 9.29 Å². The Morgan fingerprint density at radius 2 is 2.00 bits per heavy atom. The fourth-order valence-electron chi connectivity index (χ4n) is 3.29. The number of anilines is 1. The largest absolute Gasteiger partial charge is 0.301 e. The predicted molar refractivity (Wildman–Crippen MR) is 106 cm³/mol. The molecule has 3 aromatic rings. The quantitative estimate of drug-likeness (QED) is 0.727. The average Bonchev–Trinajstić information content (AvgIpc) is 3.29. The molecule has 0 saturated carbocycles. The van der Waals surface area contributed by atoms with E-state index in [1.54, 1.807) is 30.3 Å². The van der Waals surface area contributed by atoms with Gasteiger partial charge in [0.25, 0.3) is 0 Å². The highest BCUT2D eigenvalue weighted by Crippen LogP contribution is 2.29. The summed E-state index contributed by atoms with van der Waals surface area (Å²) in [4.78, 5) is 17.4. The number of carbonyl (C=O) groups is 1. The van der Waals surface area contributed by atoms with Crippen molar-refractivity contribution < 1.29 is 13.2 Å². The number of nitrogens with zero attached hydrogens (tertiary/aromatic N) is 2. The summed E-state index contributed by atoms with van der Waals surface area (Å²) in [5, 5.41) is 3.30. The zero-order valence-corrected chi connectivity index (χ0v) is 16.4. The minimum absolute atomic E-state index is 0.208. The molecule has 0 spiro atoms. The number of aryl methyl sites for hydroxylation is 1. The van der Waals surface area contributed by atoms with Crippen molar-refractivity contribution in [2.75, 3.05) is 11.9 Å². The molecule has 1 fully saturated rings. The number of hydrogen-bond donors (Lipinski definition) is 1. The van der Waals surface area contributed by atoms with Gasteiger partial charge in [0.05, 0.1) is 15.1 Å². The summed E-state index contributed by atoms with van der Waals surface area (Å²) < 4.78 is 28.1. The van der Waals surface area contributed by atoms with Crippen LogP contribution in [-0.4, -0.2) is 36.2 Å². The number of benzene rings is 2. The van der Waals surface area contributed by atoms with Crippen LogP contribution in [-0.2, 0) is 14.8 Å². The molecule has 0 aliphatic carbocycles. The fraction of sp³-hybridized carbons (Fsp3) is 0.263. The molecule has 6 nitrogen and oxygen atoms in total. The molecule has 1 atom stereocenters. The SMILES string of the molecule is Cc1ccc2nc(NC(=O)C3CCCN3S(=O)(=O)c3ccccc3)sc2c1. The summed E-state index contributed by atoms with van der Waals surface area (Å²) in [5.41, 5.74) is 1.95. The summed E-state index contributed by atoms with van der Waals surface area (Å²) in [6, 6.07) is 13.4. The van der Waals surface area contributed by atoms with Crippen LogP contribution in [0.1, 0.15) is 18.4 Å². The molecule has 27 heavy (non-hydrogen) atoms. The second-order valence-corrected chi connectivity index (χ2v) is 9.49. The van der Waals surface area contributed by atoms with E-state index in [1.807, 2.05) is 25.1 Å². The molecule has 2 heterocycles. The number of aromatic nitrogens is 1. The van der Waals surface area contributed by atoms with Crippen molar-refractivity contribution in [2.45, 2.75) is 30.7 Å². The van der Waals surface area contributed by atoms with Crippen LogP contribution >= 0.6 is 11.3 Å². The van der Waals surface area contributed by atoms with Crippen LogP contribution in [0.15, 0.2) is 53.4 Å². The van der Waals surface area contributed by atoms with Gasteiger partial charge in [-0.2, -0.15) is 4.31 Å². The summed E-state index contributed by atoms with van der Waals surface area (Å²) in [6.07, 6.45) is 1.16. The monoisotopic (exact) mass is 401 g/mol. The first-order chi connectivity index (χ1) is 12.9. The first-order valence-electron chi connectivity index (χ1n) is 8.70. The van der Waals surface area contributed by atoms with Gasteiger partial charge < -0.3 is 5.32 Å². The number of fused-ring (bicyclic) bond motifs is 1. The Morgan fingerprint density at radius 1 is 1.22 bits per heavy atom. The van der Waals surface area contributed by atoms with Crippen molar-refractivity contribution in [3.05, 3.63) is 54.1 Å². The maximum Gasteiger partial charge on any atom is 0.244 e. The van der Waals surface area contributed by atoms with Gasteiger partial charge in [-0.15, -0.1) is 0 Å². The van der Waals surface area contributed by atoms with Crippen LogP contribution in [0.25, 0.3) is 10.2 Å². The zero-order chi connectivity index (χ0) is 19.0. The van der Waals surface area contributed by atoms with E-state index in [-0.39, 0.29) is 10.8 Å². The second kappa shape index (κ2) is 7.03. The predicted octanol–water partition coefficient (Wildman–Crippen LogP) is 3.40. The van der Waals surface area contributed by atoms with Gasteiger partial charge in [-0.3, -0.25) is 4.79 Å². The number of hydrogen-bond acceptors (Lipinski definition) is 5. The van der Waals surface area contributed by atoms with E-state index in [0.717, 1.165) is 15.8 Å². The molecule has 2 aromatic carbocycles. The molecule has 1 saturated heterocycles. The Bertz CT molecular complexity index is 1090. The van der Waals surface area contributed by atoms with Gasteiger partial charge in [0, 0.05) is 6.54 Å². The Balaban J connectivity index is 1.57. The minimum Gasteiger partial charge on any atom is -0.301 e. The second-order valence-electron chi connectivity index (χ2n) is 6.57. The molecule has 1 N–H and O–H groups in total. The molecule has 0 bridgehead atoms. The zero-order valence-electron chi connectivity index (χ0n) is 14.8. The lowest BCUT2D eigenvalue weighted by Crippen LogP contribution is -2.43. The standard InChI is InChI=1S/C19H19N3O3S2/c1-13-9-10-15-17(12-13)26-19(20-15)21-18(23)16-8-5-11-22(16)27(24,25)14-6-3-2-4-7-14/h2-4,6-7,9-10,12,16H,5,8,11H2,1H3,(H,20,21,23). The van der Waals surface area contributed by atoms with Crippen molar-refractivity contribution in [3.63, 3.8) is 0 Å². The molecule has 1 aliphatic heterocycles. The van der Waals surface area contributed by atoms with E-state index in [9.17, 15) is 13.2 Å². The van der Waals surface area contributed by atoms with E-state index < -0.39 is 16.1 Å². The third kappa shape index (κ3) is 3.47. The van der Waals surface area contributed by atoms with Crippen LogP contribution < -0.4 is 5.32 Å². The van der Waals surface area contributed by atoms with Crippen molar-refractivity contribution >= 4 is 42.6 Å². The van der Waals surface area contributed by atoms with Gasteiger partial charge >= 0.3 is 0 Å². The Labute approximate surface area is 161 Å². The number of amides is 1. The topological polar surface area (TPSA) is 79.4 Å². The first-order valence-corrected chi connectivity index (χ1v) is 11.0. The van der Waals surface area contributed by atoms with E-state index in [4.69, 9.17) is 0 Å². The van der Waals surface area contributed by atoms with Gasteiger partial charge in [-0.05, 0) is 49.6 Å². The maximum absolute atomic E-state index is 12.9. The number of sulfonamides is 1. The number of rotatable bonds is 4. The van der Waals surface area contributed by atoms with Crippen LogP contribution in [0.5, 0.6) is 0 Å². The maximum atomic E-state index is 12.9. The van der Waals surface area contributed by atoms with Crippen molar-refractivity contribution in [1.29, 1.82) is 0 Å². The molecule has 1 aromatic heterocycles. The molecule has 140 valence electrons. The Kier molecular flexibility index (Phi) is 4.71. The summed E-state index contributed by atoms with van der Waals surface area (Å²) in [7, 11) is -3.70. The molecule has 1 unspecified atom stereocenters. The molecule has 4 rings (SSSR count). The normalized spacial score (nSPS) is 18.0. The lowest BCUT2D eigenvalue weighted by atomic mass is 10.2. The first kappa shape index (κ1) is 18.1. The van der Waals surface area contributed by atoms with Crippen molar-refractivity contribution in [2.24, 2.45) is 0 Å². The average molecular weight is 402 g/mol. The highest BCUT2D eigenvalue weighted by Gasteiger charge is 2.39. The Hall–Kier alpha value is -2.29. The molecule has 0 radical (unpaired) electrons. The van der Waals surface area contributed by atoms with Crippen LogP contribution in [0, 0.1) is 6.92 Å². The number of thiazole rings is 1. The van der Waals surface area contributed by atoms with Crippen LogP contribution in [0.4, 0.5) is 5.13 Å². The third-order valence-corrected chi connectivity index (χ3v) is 7.49. The van der Waals surface area contributed by atoms with E-state index in [0.29, 0.717) is 24.5 Å². The van der Waals surface area contributed by atoms with E-state index >= 15 is 0 Å². The highest BCUT2D eigenvalue weighted by molar-refractivity contribution is 7.89. The van der Waals surface area contributed by atoms with Gasteiger partial charge in [0.1, 0.15) is 6.04 Å². The third-order valence-electron chi connectivity index (χ3n) is 4.63. The summed E-state index contributed by atoms with van der Waals surface area (Å²) >= 11 is 1.39. The lowest BCUT2D eigenvalue weighted by Gasteiger charge is -2.22. The molecular formula is C19H19N3O3S2. The lowest BCUT2D eigenvalue weighted by molar-refractivity contribution is -0.119.